The normalized spacial score (nSPS) is 20.5. The predicted octanol–water partition coefficient (Wildman–Crippen LogP) is 0.724. The fourth-order valence-electron chi connectivity index (χ4n) is 1.97. The Kier molecular flexibility index (Phi) is 5.11. The van der Waals surface area contributed by atoms with Gasteiger partial charge in [0, 0.05) is 12.3 Å². The molecule has 1 fully saturated rings. The van der Waals surface area contributed by atoms with Gasteiger partial charge in [0.1, 0.15) is 11.5 Å². The van der Waals surface area contributed by atoms with Crippen LogP contribution in [-0.2, 0) is 24.2 Å². The molecule has 6 heteroatoms. The largest absolute Gasteiger partial charge is 0.465 e. The zero-order chi connectivity index (χ0) is 12.9. The van der Waals surface area contributed by atoms with Crippen LogP contribution in [-0.4, -0.2) is 38.3 Å². The zero-order valence-corrected chi connectivity index (χ0v) is 10.8. The van der Waals surface area contributed by atoms with Gasteiger partial charge in [0.25, 0.3) is 0 Å². The number of Topliss-reactive ketones (excluding diaryl/α,β-unsaturated/α-hetero) is 1. The molecule has 0 saturated heterocycles. The lowest BCUT2D eigenvalue weighted by Crippen LogP contribution is -2.23. The van der Waals surface area contributed by atoms with Gasteiger partial charge in [0.05, 0.1) is 12.4 Å². The first kappa shape index (κ1) is 14.2. The zero-order valence-electron chi connectivity index (χ0n) is 9.98. The summed E-state index contributed by atoms with van der Waals surface area (Å²) in [5.41, 5.74) is 0. The Labute approximate surface area is 101 Å². The van der Waals surface area contributed by atoms with Crippen molar-refractivity contribution in [3.63, 3.8) is 0 Å². The Hall–Kier alpha value is -0.910. The number of hydrogen-bond donors (Lipinski definition) is 0. The van der Waals surface area contributed by atoms with Crippen molar-refractivity contribution in [1.82, 2.24) is 0 Å². The van der Waals surface area contributed by atoms with Crippen molar-refractivity contribution in [1.29, 1.82) is 0 Å². The number of hydrogen-bond acceptors (Lipinski definition) is 5. The van der Waals surface area contributed by atoms with E-state index >= 15 is 0 Å². The van der Waals surface area contributed by atoms with Crippen molar-refractivity contribution in [2.45, 2.75) is 32.6 Å². The third-order valence-electron chi connectivity index (χ3n) is 2.85. The van der Waals surface area contributed by atoms with Gasteiger partial charge in [-0.25, -0.2) is 8.42 Å². The Morgan fingerprint density at radius 1 is 1.47 bits per heavy atom. The van der Waals surface area contributed by atoms with Crippen LogP contribution in [0.1, 0.15) is 32.6 Å². The van der Waals surface area contributed by atoms with Gasteiger partial charge in [-0.2, -0.15) is 0 Å². The van der Waals surface area contributed by atoms with Gasteiger partial charge in [-0.1, -0.05) is 0 Å². The van der Waals surface area contributed by atoms with E-state index in [0.717, 1.165) is 12.8 Å². The lowest BCUT2D eigenvalue weighted by molar-refractivity contribution is -0.139. The Morgan fingerprint density at radius 3 is 2.71 bits per heavy atom. The van der Waals surface area contributed by atoms with Crippen LogP contribution in [0.15, 0.2) is 0 Å². The molecule has 0 aromatic rings. The smallest absolute Gasteiger partial charge is 0.321 e. The Bertz CT molecular complexity index is 385. The molecule has 1 saturated carbocycles. The summed E-state index contributed by atoms with van der Waals surface area (Å²) in [6, 6.07) is 0. The molecule has 98 valence electrons. The molecule has 0 aliphatic heterocycles. The molecule has 1 aliphatic carbocycles. The maximum atomic E-state index is 11.6. The number of sulfone groups is 1. The van der Waals surface area contributed by atoms with E-state index in [0.29, 0.717) is 12.8 Å². The summed E-state index contributed by atoms with van der Waals surface area (Å²) in [5, 5.41) is 0. The van der Waals surface area contributed by atoms with Crippen molar-refractivity contribution in [2.24, 2.45) is 5.92 Å². The van der Waals surface area contributed by atoms with Crippen molar-refractivity contribution >= 4 is 21.6 Å². The van der Waals surface area contributed by atoms with Gasteiger partial charge in [0.2, 0.25) is 0 Å². The molecule has 1 rings (SSSR count). The lowest BCUT2D eigenvalue weighted by atomic mass is 10.1. The maximum Gasteiger partial charge on any atom is 0.321 e. The molecule has 5 nitrogen and oxygen atoms in total. The SMILES string of the molecule is CCOC(=O)CS(=O)(=O)CCC1CCCC1=O. The molecule has 0 heterocycles. The van der Waals surface area contributed by atoms with Crippen LogP contribution in [0.2, 0.25) is 0 Å². The van der Waals surface area contributed by atoms with Gasteiger partial charge in [-0.3, -0.25) is 9.59 Å². The number of rotatable bonds is 6. The molecule has 0 radical (unpaired) electrons. The van der Waals surface area contributed by atoms with Gasteiger partial charge in [-0.05, 0) is 26.2 Å². The van der Waals surface area contributed by atoms with Crippen LogP contribution in [0, 0.1) is 5.92 Å². The Balaban J connectivity index is 2.39. The summed E-state index contributed by atoms with van der Waals surface area (Å²) in [6.45, 7) is 1.80. The summed E-state index contributed by atoms with van der Waals surface area (Å²) < 4.78 is 27.7. The van der Waals surface area contributed by atoms with E-state index in [1.54, 1.807) is 6.92 Å². The second-order valence-electron chi connectivity index (χ2n) is 4.24. The minimum absolute atomic E-state index is 0.109. The van der Waals surface area contributed by atoms with E-state index in [1.807, 2.05) is 0 Å². The van der Waals surface area contributed by atoms with E-state index in [9.17, 15) is 18.0 Å². The maximum absolute atomic E-state index is 11.6. The van der Waals surface area contributed by atoms with Gasteiger partial charge in [0.15, 0.2) is 9.84 Å². The van der Waals surface area contributed by atoms with Crippen LogP contribution in [0.25, 0.3) is 0 Å². The highest BCUT2D eigenvalue weighted by atomic mass is 32.2. The fourth-order valence-corrected chi connectivity index (χ4v) is 3.20. The van der Waals surface area contributed by atoms with E-state index in [-0.39, 0.29) is 24.1 Å². The monoisotopic (exact) mass is 262 g/mol. The molecule has 1 unspecified atom stereocenters. The average Bonchev–Trinajstić information content (AvgIpc) is 2.60. The molecule has 0 bridgehead atoms. The topological polar surface area (TPSA) is 77.5 Å². The third-order valence-corrected chi connectivity index (χ3v) is 4.38. The summed E-state index contributed by atoms with van der Waals surface area (Å²) in [5.74, 6) is -1.39. The first-order chi connectivity index (χ1) is 7.94. The number of ketones is 1. The van der Waals surface area contributed by atoms with Crippen LogP contribution >= 0.6 is 0 Å². The second-order valence-corrected chi connectivity index (χ2v) is 6.43. The van der Waals surface area contributed by atoms with E-state index < -0.39 is 21.6 Å². The number of carbonyl (C=O) groups excluding carboxylic acids is 2. The molecule has 17 heavy (non-hydrogen) atoms. The molecule has 0 amide bonds. The van der Waals surface area contributed by atoms with E-state index in [4.69, 9.17) is 0 Å². The van der Waals surface area contributed by atoms with Crippen LogP contribution in [0.5, 0.6) is 0 Å². The van der Waals surface area contributed by atoms with Crippen molar-refractivity contribution in [3.8, 4) is 0 Å². The summed E-state index contributed by atoms with van der Waals surface area (Å²) >= 11 is 0. The molecule has 1 atom stereocenters. The molecule has 0 spiro atoms. The highest BCUT2D eigenvalue weighted by Crippen LogP contribution is 2.24. The summed E-state index contributed by atoms with van der Waals surface area (Å²) in [6.07, 6.45) is 2.51. The first-order valence-electron chi connectivity index (χ1n) is 5.83. The minimum atomic E-state index is -3.44. The van der Waals surface area contributed by atoms with Crippen LogP contribution in [0.3, 0.4) is 0 Å². The highest BCUT2D eigenvalue weighted by molar-refractivity contribution is 7.92. The van der Waals surface area contributed by atoms with Crippen LogP contribution < -0.4 is 0 Å². The predicted molar refractivity (Wildman–Crippen MR) is 62.3 cm³/mol. The van der Waals surface area contributed by atoms with E-state index in [2.05, 4.69) is 4.74 Å². The molecular formula is C11H18O5S. The van der Waals surface area contributed by atoms with Gasteiger partial charge in [-0.15, -0.1) is 0 Å². The van der Waals surface area contributed by atoms with Gasteiger partial charge >= 0.3 is 5.97 Å². The standard InChI is InChI=1S/C11H18O5S/c1-2-16-11(13)8-17(14,15)7-6-9-4-3-5-10(9)12/h9H,2-8H2,1H3. The van der Waals surface area contributed by atoms with Crippen molar-refractivity contribution in [3.05, 3.63) is 0 Å². The Morgan fingerprint density at radius 2 is 2.18 bits per heavy atom. The second kappa shape index (κ2) is 6.14. The summed E-state index contributed by atoms with van der Waals surface area (Å²) in [4.78, 5) is 22.4. The average molecular weight is 262 g/mol. The highest BCUT2D eigenvalue weighted by Gasteiger charge is 2.27. The molecule has 0 aromatic heterocycles. The minimum Gasteiger partial charge on any atom is -0.465 e. The molecule has 1 aliphatic rings. The van der Waals surface area contributed by atoms with Crippen molar-refractivity contribution in [2.75, 3.05) is 18.1 Å². The number of esters is 1. The van der Waals surface area contributed by atoms with Gasteiger partial charge < -0.3 is 4.74 Å². The van der Waals surface area contributed by atoms with Crippen LogP contribution in [0.4, 0.5) is 0 Å². The van der Waals surface area contributed by atoms with E-state index in [1.165, 1.54) is 0 Å². The molecular weight excluding hydrogens is 244 g/mol. The molecule has 0 N–H and O–H groups in total. The number of ether oxygens (including phenoxy) is 1. The lowest BCUT2D eigenvalue weighted by Gasteiger charge is -2.08. The number of carbonyl (C=O) groups is 2. The third kappa shape index (κ3) is 4.85. The quantitative estimate of drug-likeness (QED) is 0.659. The molecule has 0 aromatic carbocycles. The summed E-state index contributed by atoms with van der Waals surface area (Å²) in [7, 11) is -3.44. The first-order valence-corrected chi connectivity index (χ1v) is 7.65. The fraction of sp³-hybridized carbons (Fsp3) is 0.818. The van der Waals surface area contributed by atoms with Crippen molar-refractivity contribution < 1.29 is 22.7 Å².